The van der Waals surface area contributed by atoms with Crippen molar-refractivity contribution in [3.63, 3.8) is 0 Å². The van der Waals surface area contributed by atoms with Crippen molar-refractivity contribution in [3.8, 4) is 0 Å². The molecule has 0 aliphatic carbocycles. The van der Waals surface area contributed by atoms with E-state index in [0.29, 0.717) is 17.7 Å². The van der Waals surface area contributed by atoms with Crippen LogP contribution in [0.5, 0.6) is 0 Å². The Hall–Kier alpha value is -0.570. The maximum atomic E-state index is 11.9. The van der Waals surface area contributed by atoms with Gasteiger partial charge in [-0.1, -0.05) is 27.2 Å². The lowest BCUT2D eigenvalue weighted by atomic mass is 9.78. The second-order valence-corrected chi connectivity index (χ2v) is 5.15. The van der Waals surface area contributed by atoms with Crippen LogP contribution in [0.3, 0.4) is 0 Å². The van der Waals surface area contributed by atoms with Crippen molar-refractivity contribution in [1.29, 1.82) is 0 Å². The minimum absolute atomic E-state index is 0.319. The van der Waals surface area contributed by atoms with Crippen molar-refractivity contribution < 1.29 is 4.79 Å². The van der Waals surface area contributed by atoms with Crippen LogP contribution < -0.4 is 5.32 Å². The fourth-order valence-electron chi connectivity index (χ4n) is 2.18. The highest BCUT2D eigenvalue weighted by Gasteiger charge is 2.29. The Morgan fingerprint density at radius 2 is 1.94 bits per heavy atom. The summed E-state index contributed by atoms with van der Waals surface area (Å²) in [6, 6.07) is 0. The van der Waals surface area contributed by atoms with Crippen LogP contribution in [0.4, 0.5) is 0 Å². The Balaban J connectivity index is 2.27. The SMILES string of the molecule is CCNCCC(=O)N1CCC(C)(CC)CC1. The van der Waals surface area contributed by atoms with Crippen molar-refractivity contribution >= 4 is 5.91 Å². The van der Waals surface area contributed by atoms with Gasteiger partial charge in [-0.3, -0.25) is 4.79 Å². The number of hydrogen-bond acceptors (Lipinski definition) is 2. The largest absolute Gasteiger partial charge is 0.343 e. The summed E-state index contributed by atoms with van der Waals surface area (Å²) in [5.41, 5.74) is 0.471. The molecule has 94 valence electrons. The summed E-state index contributed by atoms with van der Waals surface area (Å²) >= 11 is 0. The first-order valence-electron chi connectivity index (χ1n) is 6.60. The van der Waals surface area contributed by atoms with Gasteiger partial charge in [0.2, 0.25) is 5.91 Å². The van der Waals surface area contributed by atoms with Gasteiger partial charge in [0.25, 0.3) is 0 Å². The fourth-order valence-corrected chi connectivity index (χ4v) is 2.18. The highest BCUT2D eigenvalue weighted by Crippen LogP contribution is 2.33. The van der Waals surface area contributed by atoms with E-state index in [4.69, 9.17) is 0 Å². The molecule has 1 fully saturated rings. The first-order chi connectivity index (χ1) is 7.61. The molecule has 0 aromatic rings. The summed E-state index contributed by atoms with van der Waals surface area (Å²) in [4.78, 5) is 13.9. The molecule has 1 heterocycles. The van der Waals surface area contributed by atoms with Gasteiger partial charge in [-0.05, 0) is 24.8 Å². The molecule has 0 bridgehead atoms. The third-order valence-corrected chi connectivity index (χ3v) is 3.94. The summed E-state index contributed by atoms with van der Waals surface area (Å²) in [5.74, 6) is 0.319. The van der Waals surface area contributed by atoms with Crippen LogP contribution in [0, 0.1) is 5.41 Å². The van der Waals surface area contributed by atoms with Crippen LogP contribution in [0.1, 0.15) is 46.5 Å². The number of nitrogens with zero attached hydrogens (tertiary/aromatic N) is 1. The summed E-state index contributed by atoms with van der Waals surface area (Å²) in [6.07, 6.45) is 4.20. The number of amides is 1. The van der Waals surface area contributed by atoms with E-state index in [1.165, 1.54) is 6.42 Å². The summed E-state index contributed by atoms with van der Waals surface area (Å²) < 4.78 is 0. The van der Waals surface area contributed by atoms with E-state index in [0.717, 1.165) is 39.0 Å². The van der Waals surface area contributed by atoms with E-state index in [2.05, 4.69) is 26.1 Å². The molecular weight excluding hydrogens is 200 g/mol. The number of likely N-dealkylation sites (tertiary alicyclic amines) is 1. The van der Waals surface area contributed by atoms with Crippen LogP contribution >= 0.6 is 0 Å². The van der Waals surface area contributed by atoms with Gasteiger partial charge in [0, 0.05) is 26.1 Å². The first-order valence-corrected chi connectivity index (χ1v) is 6.60. The second-order valence-electron chi connectivity index (χ2n) is 5.15. The summed E-state index contributed by atoms with van der Waals surface area (Å²) in [6.45, 7) is 10.3. The van der Waals surface area contributed by atoms with Gasteiger partial charge >= 0.3 is 0 Å². The standard InChI is InChI=1S/C13H26N2O/c1-4-13(3)7-10-15(11-8-13)12(16)6-9-14-5-2/h14H,4-11H2,1-3H3. The van der Waals surface area contributed by atoms with Crippen LogP contribution in [-0.4, -0.2) is 37.0 Å². The zero-order chi connectivity index (χ0) is 12.0. The quantitative estimate of drug-likeness (QED) is 0.727. The minimum atomic E-state index is 0.319. The molecule has 0 aromatic carbocycles. The van der Waals surface area contributed by atoms with Gasteiger partial charge in [0.15, 0.2) is 0 Å². The summed E-state index contributed by atoms with van der Waals surface area (Å²) in [7, 11) is 0. The number of nitrogens with one attached hydrogen (secondary N) is 1. The van der Waals surface area contributed by atoms with E-state index in [-0.39, 0.29) is 0 Å². The normalized spacial score (nSPS) is 19.8. The van der Waals surface area contributed by atoms with Crippen LogP contribution in [0.2, 0.25) is 0 Å². The Morgan fingerprint density at radius 3 is 2.44 bits per heavy atom. The van der Waals surface area contributed by atoms with Gasteiger partial charge in [-0.25, -0.2) is 0 Å². The number of hydrogen-bond donors (Lipinski definition) is 1. The van der Waals surface area contributed by atoms with Gasteiger partial charge < -0.3 is 10.2 Å². The predicted molar refractivity (Wildman–Crippen MR) is 67.4 cm³/mol. The van der Waals surface area contributed by atoms with Crippen LogP contribution in [0.25, 0.3) is 0 Å². The highest BCUT2D eigenvalue weighted by molar-refractivity contribution is 5.76. The topological polar surface area (TPSA) is 32.3 Å². The Kier molecular flexibility index (Phi) is 5.26. The average Bonchev–Trinajstić information content (AvgIpc) is 2.30. The molecule has 1 N–H and O–H groups in total. The van der Waals surface area contributed by atoms with Crippen molar-refractivity contribution in [3.05, 3.63) is 0 Å². The zero-order valence-corrected chi connectivity index (χ0v) is 11.0. The Labute approximate surface area is 99.6 Å². The van der Waals surface area contributed by atoms with Crippen LogP contribution in [-0.2, 0) is 4.79 Å². The number of piperidine rings is 1. The number of carbonyl (C=O) groups is 1. The maximum absolute atomic E-state index is 11.9. The zero-order valence-electron chi connectivity index (χ0n) is 11.0. The molecule has 1 rings (SSSR count). The maximum Gasteiger partial charge on any atom is 0.223 e. The fraction of sp³-hybridized carbons (Fsp3) is 0.923. The molecule has 0 aromatic heterocycles. The lowest BCUT2D eigenvalue weighted by Crippen LogP contribution is -2.42. The first kappa shape index (κ1) is 13.5. The van der Waals surface area contributed by atoms with Crippen LogP contribution in [0.15, 0.2) is 0 Å². The van der Waals surface area contributed by atoms with Crippen molar-refractivity contribution in [2.45, 2.75) is 46.5 Å². The molecular formula is C13H26N2O. The molecule has 0 atom stereocenters. The number of carbonyl (C=O) groups excluding carboxylic acids is 1. The third-order valence-electron chi connectivity index (χ3n) is 3.94. The van der Waals surface area contributed by atoms with E-state index in [1.54, 1.807) is 0 Å². The Morgan fingerprint density at radius 1 is 1.31 bits per heavy atom. The van der Waals surface area contributed by atoms with Crippen molar-refractivity contribution in [2.75, 3.05) is 26.2 Å². The molecule has 0 spiro atoms. The molecule has 1 aliphatic heterocycles. The average molecular weight is 226 g/mol. The van der Waals surface area contributed by atoms with E-state index in [1.807, 2.05) is 4.90 Å². The molecule has 3 nitrogen and oxygen atoms in total. The second kappa shape index (κ2) is 6.24. The lowest BCUT2D eigenvalue weighted by molar-refractivity contribution is -0.133. The predicted octanol–water partition coefficient (Wildman–Crippen LogP) is 2.02. The molecule has 3 heteroatoms. The van der Waals surface area contributed by atoms with Gasteiger partial charge in [0.1, 0.15) is 0 Å². The van der Waals surface area contributed by atoms with E-state index >= 15 is 0 Å². The molecule has 1 aliphatic rings. The van der Waals surface area contributed by atoms with Gasteiger partial charge in [-0.15, -0.1) is 0 Å². The molecule has 0 radical (unpaired) electrons. The van der Waals surface area contributed by atoms with Crippen molar-refractivity contribution in [1.82, 2.24) is 10.2 Å². The molecule has 0 saturated carbocycles. The number of rotatable bonds is 5. The van der Waals surface area contributed by atoms with E-state index < -0.39 is 0 Å². The lowest BCUT2D eigenvalue weighted by Gasteiger charge is -2.39. The molecule has 1 amide bonds. The minimum Gasteiger partial charge on any atom is -0.343 e. The highest BCUT2D eigenvalue weighted by atomic mass is 16.2. The smallest absolute Gasteiger partial charge is 0.223 e. The van der Waals surface area contributed by atoms with E-state index in [9.17, 15) is 4.79 Å². The van der Waals surface area contributed by atoms with Crippen molar-refractivity contribution in [2.24, 2.45) is 5.41 Å². The van der Waals surface area contributed by atoms with Gasteiger partial charge in [-0.2, -0.15) is 0 Å². The monoisotopic (exact) mass is 226 g/mol. The molecule has 0 unspecified atom stereocenters. The van der Waals surface area contributed by atoms with Gasteiger partial charge in [0.05, 0.1) is 0 Å². The molecule has 1 saturated heterocycles. The summed E-state index contributed by atoms with van der Waals surface area (Å²) in [5, 5.41) is 3.20. The Bertz CT molecular complexity index is 220. The third kappa shape index (κ3) is 3.78. The molecule has 16 heavy (non-hydrogen) atoms.